The number of fused-ring (bicyclic) bond motifs is 12. The maximum Gasteiger partial charge on any atom is 0.0165 e. The van der Waals surface area contributed by atoms with Crippen LogP contribution in [0.15, 0.2) is 194 Å². The van der Waals surface area contributed by atoms with Crippen LogP contribution < -0.4 is 0 Å². The minimum absolute atomic E-state index is 0.0984. The molecule has 11 aromatic rings. The lowest BCUT2D eigenvalue weighted by atomic mass is 9.78. The van der Waals surface area contributed by atoms with Gasteiger partial charge in [0.15, 0.2) is 0 Å². The molecular weight excluding hydrogens is 685 g/mol. The zero-order valence-corrected chi connectivity index (χ0v) is 32.0. The summed E-state index contributed by atoms with van der Waals surface area (Å²) in [7, 11) is 0. The van der Waals surface area contributed by atoms with E-state index in [-0.39, 0.29) is 5.41 Å². The number of benzene rings is 11. The average Bonchev–Trinajstić information content (AvgIpc) is 3.51. The predicted molar refractivity (Wildman–Crippen MR) is 245 cm³/mol. The minimum Gasteiger partial charge on any atom is -0.0619 e. The molecule has 0 heterocycles. The van der Waals surface area contributed by atoms with Gasteiger partial charge in [0.2, 0.25) is 0 Å². The van der Waals surface area contributed by atoms with Gasteiger partial charge in [-0.05, 0) is 126 Å². The Bertz CT molecular complexity index is 3430. The smallest absolute Gasteiger partial charge is 0.0165 e. The van der Waals surface area contributed by atoms with Crippen LogP contribution in [0.3, 0.4) is 0 Å². The first-order valence-corrected chi connectivity index (χ1v) is 20.1. The lowest BCUT2D eigenvalue weighted by Crippen LogP contribution is -2.15. The lowest BCUT2D eigenvalue weighted by molar-refractivity contribution is 0.666. The summed E-state index contributed by atoms with van der Waals surface area (Å²) in [6, 6.07) is 72.5. The zero-order valence-electron chi connectivity index (χ0n) is 32.0. The van der Waals surface area contributed by atoms with E-state index < -0.39 is 0 Å². The van der Waals surface area contributed by atoms with Crippen molar-refractivity contribution in [3.63, 3.8) is 0 Å². The third-order valence-corrected chi connectivity index (χ3v) is 13.0. The van der Waals surface area contributed by atoms with E-state index in [1.165, 1.54) is 120 Å². The molecule has 0 radical (unpaired) electrons. The van der Waals surface area contributed by atoms with E-state index in [0.29, 0.717) is 0 Å². The summed E-state index contributed by atoms with van der Waals surface area (Å²) in [5.74, 6) is 0. The molecule has 266 valence electrons. The van der Waals surface area contributed by atoms with Crippen LogP contribution in [0, 0.1) is 0 Å². The quantitative estimate of drug-likeness (QED) is 0.126. The van der Waals surface area contributed by atoms with Crippen LogP contribution in [-0.4, -0.2) is 0 Å². The second kappa shape index (κ2) is 12.0. The molecule has 57 heavy (non-hydrogen) atoms. The van der Waals surface area contributed by atoms with Gasteiger partial charge in [-0.3, -0.25) is 0 Å². The topological polar surface area (TPSA) is 0 Å². The molecule has 0 atom stereocenters. The highest BCUT2D eigenvalue weighted by Crippen LogP contribution is 2.55. The third kappa shape index (κ3) is 4.50. The van der Waals surface area contributed by atoms with Crippen molar-refractivity contribution in [1.29, 1.82) is 0 Å². The molecule has 0 spiro atoms. The Morgan fingerprint density at radius 2 is 0.737 bits per heavy atom. The van der Waals surface area contributed by atoms with E-state index in [1.54, 1.807) is 0 Å². The van der Waals surface area contributed by atoms with Gasteiger partial charge in [-0.15, -0.1) is 0 Å². The van der Waals surface area contributed by atoms with Gasteiger partial charge in [0, 0.05) is 5.41 Å². The van der Waals surface area contributed by atoms with Gasteiger partial charge in [-0.2, -0.15) is 0 Å². The van der Waals surface area contributed by atoms with Gasteiger partial charge < -0.3 is 0 Å². The fraction of sp³-hybridized carbons (Fsp3) is 0.0526. The van der Waals surface area contributed by atoms with Gasteiger partial charge in [0.25, 0.3) is 0 Å². The molecule has 0 fully saturated rings. The molecule has 0 saturated carbocycles. The first-order valence-electron chi connectivity index (χ1n) is 20.1. The molecule has 0 bridgehead atoms. The number of hydrogen-bond acceptors (Lipinski definition) is 0. The molecule has 11 aromatic carbocycles. The Balaban J connectivity index is 1.11. The maximum absolute atomic E-state index is 2.46. The zero-order chi connectivity index (χ0) is 37.8. The molecule has 0 aliphatic heterocycles. The van der Waals surface area contributed by atoms with Crippen LogP contribution in [0.1, 0.15) is 25.0 Å². The Hall–Kier alpha value is -7.02. The summed E-state index contributed by atoms with van der Waals surface area (Å²) in [4.78, 5) is 0. The first kappa shape index (κ1) is 32.2. The van der Waals surface area contributed by atoms with Crippen molar-refractivity contribution < 1.29 is 0 Å². The van der Waals surface area contributed by atoms with Crippen molar-refractivity contribution in [2.24, 2.45) is 0 Å². The standard InChI is InChI=1S/C57H38/c1-57(2)52-29-14-13-27-50(52)55-43-22-8-7-21-41(43)51-34-36(30-31-49(51)56(55)57)38-32-33-48(40-20-6-5-19-39(38)40)54-46-25-11-9-23-44(46)53(45-24-10-12-26-47(45)54)42-28-15-17-35-16-3-4-18-37(35)42/h3-34H,1-2H3. The summed E-state index contributed by atoms with van der Waals surface area (Å²) < 4.78 is 0. The van der Waals surface area contributed by atoms with E-state index in [9.17, 15) is 0 Å². The summed E-state index contributed by atoms with van der Waals surface area (Å²) in [6.07, 6.45) is 0. The summed E-state index contributed by atoms with van der Waals surface area (Å²) in [5, 5.41) is 15.5. The fourth-order valence-corrected chi connectivity index (χ4v) is 10.6. The van der Waals surface area contributed by atoms with Gasteiger partial charge in [0.1, 0.15) is 0 Å². The molecule has 0 saturated heterocycles. The number of rotatable bonds is 3. The lowest BCUT2D eigenvalue weighted by Gasteiger charge is -2.24. The van der Waals surface area contributed by atoms with Crippen LogP contribution in [-0.2, 0) is 5.41 Å². The second-order valence-electron chi connectivity index (χ2n) is 16.3. The molecule has 0 aromatic heterocycles. The van der Waals surface area contributed by atoms with Gasteiger partial charge in [-0.25, -0.2) is 0 Å². The van der Waals surface area contributed by atoms with E-state index in [1.807, 2.05) is 0 Å². The minimum atomic E-state index is -0.0984. The molecule has 1 aliphatic carbocycles. The highest BCUT2D eigenvalue weighted by atomic mass is 14.4. The van der Waals surface area contributed by atoms with E-state index in [0.717, 1.165) is 0 Å². The van der Waals surface area contributed by atoms with Crippen molar-refractivity contribution in [2.45, 2.75) is 19.3 Å². The molecule has 0 N–H and O–H groups in total. The fourth-order valence-electron chi connectivity index (χ4n) is 10.6. The van der Waals surface area contributed by atoms with Crippen LogP contribution in [0.4, 0.5) is 0 Å². The predicted octanol–water partition coefficient (Wildman–Crippen LogP) is 15.9. The van der Waals surface area contributed by atoms with Gasteiger partial charge in [0.05, 0.1) is 0 Å². The highest BCUT2D eigenvalue weighted by Gasteiger charge is 2.38. The molecule has 0 amide bonds. The molecule has 0 unspecified atom stereocenters. The van der Waals surface area contributed by atoms with Crippen molar-refractivity contribution in [3.8, 4) is 44.5 Å². The maximum atomic E-state index is 2.46. The van der Waals surface area contributed by atoms with Gasteiger partial charge >= 0.3 is 0 Å². The monoisotopic (exact) mass is 722 g/mol. The molecular formula is C57H38. The van der Waals surface area contributed by atoms with Crippen LogP contribution in [0.25, 0.3) is 109 Å². The summed E-state index contributed by atoms with van der Waals surface area (Å²) in [6.45, 7) is 4.79. The number of hydrogen-bond donors (Lipinski definition) is 0. The molecule has 0 heteroatoms. The Morgan fingerprint density at radius 1 is 0.281 bits per heavy atom. The summed E-state index contributed by atoms with van der Waals surface area (Å²) >= 11 is 0. The third-order valence-electron chi connectivity index (χ3n) is 13.0. The molecule has 1 aliphatic rings. The van der Waals surface area contributed by atoms with Crippen LogP contribution >= 0.6 is 0 Å². The van der Waals surface area contributed by atoms with Crippen molar-refractivity contribution in [3.05, 3.63) is 205 Å². The Kier molecular flexibility index (Phi) is 6.78. The van der Waals surface area contributed by atoms with Crippen molar-refractivity contribution in [2.75, 3.05) is 0 Å². The largest absolute Gasteiger partial charge is 0.0619 e. The SMILES string of the molecule is CC1(C)c2ccccc2-c2c1c1ccc(-c3ccc(-c4c5ccccc5c(-c5cccc6ccccc56)c5ccccc45)c4ccccc34)cc1c1ccccc21. The summed E-state index contributed by atoms with van der Waals surface area (Å²) in [5.41, 5.74) is 13.1. The Morgan fingerprint density at radius 3 is 1.40 bits per heavy atom. The second-order valence-corrected chi connectivity index (χ2v) is 16.3. The first-order chi connectivity index (χ1) is 28.1. The highest BCUT2D eigenvalue weighted by molar-refractivity contribution is 6.26. The van der Waals surface area contributed by atoms with Crippen LogP contribution in [0.5, 0.6) is 0 Å². The van der Waals surface area contributed by atoms with Crippen molar-refractivity contribution in [1.82, 2.24) is 0 Å². The van der Waals surface area contributed by atoms with E-state index >= 15 is 0 Å². The van der Waals surface area contributed by atoms with E-state index in [4.69, 9.17) is 0 Å². The molecule has 12 rings (SSSR count). The molecule has 0 nitrogen and oxygen atoms in total. The van der Waals surface area contributed by atoms with Gasteiger partial charge in [-0.1, -0.05) is 202 Å². The van der Waals surface area contributed by atoms with Crippen molar-refractivity contribution >= 4 is 64.6 Å². The van der Waals surface area contributed by atoms with E-state index in [2.05, 4.69) is 208 Å². The Labute approximate surface area is 332 Å². The average molecular weight is 723 g/mol. The van der Waals surface area contributed by atoms with Crippen LogP contribution in [0.2, 0.25) is 0 Å². The normalized spacial score (nSPS) is 13.2.